The number of aliphatic imine (C=N–C) groups is 1. The summed E-state index contributed by atoms with van der Waals surface area (Å²) < 4.78 is 24.0. The quantitative estimate of drug-likeness (QED) is 0.0398. The van der Waals surface area contributed by atoms with E-state index in [0.29, 0.717) is 35.8 Å². The molecule has 0 radical (unpaired) electrons. The molecule has 4 aromatic rings. The lowest BCUT2D eigenvalue weighted by Gasteiger charge is -2.32. The Kier molecular flexibility index (Phi) is 12.1. The van der Waals surface area contributed by atoms with Crippen molar-refractivity contribution in [3.63, 3.8) is 0 Å². The van der Waals surface area contributed by atoms with E-state index in [2.05, 4.69) is 36.8 Å². The summed E-state index contributed by atoms with van der Waals surface area (Å²) >= 11 is 3.68. The summed E-state index contributed by atoms with van der Waals surface area (Å²) in [6.07, 6.45) is -0.214. The van der Waals surface area contributed by atoms with E-state index in [1.165, 1.54) is 0 Å². The smallest absolute Gasteiger partial charge is 0.266 e. The predicted molar refractivity (Wildman–Crippen MR) is 188 cm³/mol. The molecule has 12 nitrogen and oxygen atoms in total. The minimum Gasteiger partial charge on any atom is -0.497 e. The highest BCUT2D eigenvalue weighted by atomic mass is 79.9. The van der Waals surface area contributed by atoms with Gasteiger partial charge in [-0.15, -0.1) is 0 Å². The van der Waals surface area contributed by atoms with Crippen LogP contribution in [0.2, 0.25) is 0 Å². The summed E-state index contributed by atoms with van der Waals surface area (Å²) in [4.78, 5) is 22.7. The number of hydrazine groups is 1. The Morgan fingerprint density at radius 3 is 2.45 bits per heavy atom. The molecule has 5 rings (SSSR count). The van der Waals surface area contributed by atoms with Crippen molar-refractivity contribution in [1.82, 2.24) is 10.9 Å². The molecule has 13 heteroatoms. The van der Waals surface area contributed by atoms with Crippen LogP contribution in [0, 0.1) is 0 Å². The van der Waals surface area contributed by atoms with E-state index in [1.54, 1.807) is 32.4 Å². The molecular formula is C36H37BrN6O6. The van der Waals surface area contributed by atoms with Crippen molar-refractivity contribution in [2.75, 3.05) is 27.4 Å². The number of methoxy groups -OCH3 is 2. The van der Waals surface area contributed by atoms with Crippen LogP contribution in [0.5, 0.6) is 17.2 Å². The second-order valence-electron chi connectivity index (χ2n) is 11.1. The SMILES string of the molecule is COc1ccc(CNNC(=O)[C@@]2(Cc3ccccc3CN=[N+]=[N-])N=C(c3ccc(OCCCO)cc3)O[C@H]2c2ccccc2Br)c(OC)c1. The zero-order valence-corrected chi connectivity index (χ0v) is 28.7. The summed E-state index contributed by atoms with van der Waals surface area (Å²) in [6, 6.07) is 27.7. The van der Waals surface area contributed by atoms with Crippen LogP contribution in [0.3, 0.4) is 0 Å². The normalized spacial score (nSPS) is 16.6. The highest BCUT2D eigenvalue weighted by molar-refractivity contribution is 9.10. The summed E-state index contributed by atoms with van der Waals surface area (Å²) in [6.45, 7) is 0.773. The molecule has 0 bridgehead atoms. The lowest BCUT2D eigenvalue weighted by Crippen LogP contribution is -2.53. The van der Waals surface area contributed by atoms with Crippen LogP contribution in [-0.2, 0) is 29.0 Å². The lowest BCUT2D eigenvalue weighted by molar-refractivity contribution is -0.130. The molecule has 254 valence electrons. The number of aliphatic hydroxyl groups excluding tert-OH is 1. The molecule has 0 aliphatic carbocycles. The summed E-state index contributed by atoms with van der Waals surface area (Å²) in [5, 5.41) is 12.9. The number of ether oxygens (including phenoxy) is 4. The number of hydrogen-bond donors (Lipinski definition) is 3. The van der Waals surface area contributed by atoms with Crippen molar-refractivity contribution in [2.24, 2.45) is 10.1 Å². The standard InChI is InChI=1S/C36H37BrN6O6/c1-46-29-17-14-27(32(20-29)47-2)23-39-42-35(45)36(21-25-8-3-4-9-26(25)22-40-43-38)33(30-10-5-6-11-31(30)37)49-34(41-36)24-12-15-28(16-13-24)48-19-7-18-44/h3-6,8-17,20,33,39,44H,7,18-19,21-23H2,1-2H3,(H,42,45)/t33-,36-/m0/s1. The van der Waals surface area contributed by atoms with Gasteiger partial charge in [0, 0.05) is 58.1 Å². The van der Waals surface area contributed by atoms with Crippen molar-refractivity contribution in [1.29, 1.82) is 0 Å². The Morgan fingerprint density at radius 2 is 1.73 bits per heavy atom. The zero-order valence-electron chi connectivity index (χ0n) is 27.1. The van der Waals surface area contributed by atoms with Gasteiger partial charge in [-0.05, 0) is 53.1 Å². The Morgan fingerprint density at radius 1 is 1.00 bits per heavy atom. The van der Waals surface area contributed by atoms with Gasteiger partial charge in [-0.1, -0.05) is 69.6 Å². The molecule has 49 heavy (non-hydrogen) atoms. The van der Waals surface area contributed by atoms with E-state index < -0.39 is 17.6 Å². The third kappa shape index (κ3) is 8.33. The Balaban J connectivity index is 1.56. The Labute approximate surface area is 292 Å². The molecule has 1 aliphatic rings. The third-order valence-electron chi connectivity index (χ3n) is 8.08. The highest BCUT2D eigenvalue weighted by Crippen LogP contribution is 2.45. The monoisotopic (exact) mass is 728 g/mol. The minimum absolute atomic E-state index is 0.0395. The fraction of sp³-hybridized carbons (Fsp3) is 0.278. The second kappa shape index (κ2) is 16.8. The first-order chi connectivity index (χ1) is 23.9. The molecule has 3 N–H and O–H groups in total. The van der Waals surface area contributed by atoms with Crippen LogP contribution < -0.4 is 25.1 Å². The number of amides is 1. The lowest BCUT2D eigenvalue weighted by atomic mass is 9.81. The number of hydrogen-bond acceptors (Lipinski definition) is 9. The van der Waals surface area contributed by atoms with Gasteiger partial charge in [0.2, 0.25) is 5.90 Å². The topological polar surface area (TPSA) is 159 Å². The van der Waals surface area contributed by atoms with Crippen molar-refractivity contribution < 1.29 is 28.8 Å². The van der Waals surface area contributed by atoms with Crippen LogP contribution in [0.1, 0.15) is 40.3 Å². The van der Waals surface area contributed by atoms with Gasteiger partial charge in [-0.3, -0.25) is 10.2 Å². The van der Waals surface area contributed by atoms with Gasteiger partial charge in [0.1, 0.15) is 17.2 Å². The number of carbonyl (C=O) groups is 1. The zero-order chi connectivity index (χ0) is 34.6. The molecule has 4 aromatic carbocycles. The third-order valence-corrected chi connectivity index (χ3v) is 8.80. The molecular weight excluding hydrogens is 692 g/mol. The molecule has 0 saturated heterocycles. The molecule has 1 amide bonds. The van der Waals surface area contributed by atoms with E-state index >= 15 is 0 Å². The number of aliphatic hydroxyl groups is 1. The van der Waals surface area contributed by atoms with E-state index in [1.807, 2.05) is 72.8 Å². The fourth-order valence-electron chi connectivity index (χ4n) is 5.56. The van der Waals surface area contributed by atoms with Crippen LogP contribution in [-0.4, -0.2) is 49.9 Å². The molecule has 2 atom stereocenters. The first-order valence-electron chi connectivity index (χ1n) is 15.6. The van der Waals surface area contributed by atoms with E-state index in [0.717, 1.165) is 26.7 Å². The van der Waals surface area contributed by atoms with Crippen LogP contribution in [0.4, 0.5) is 0 Å². The molecule has 0 saturated carbocycles. The first-order valence-corrected chi connectivity index (χ1v) is 16.4. The Bertz CT molecular complexity index is 1830. The fourth-order valence-corrected chi connectivity index (χ4v) is 6.05. The summed E-state index contributed by atoms with van der Waals surface area (Å²) in [5.41, 5.74) is 17.2. The molecule has 0 fully saturated rings. The predicted octanol–water partition coefficient (Wildman–Crippen LogP) is 6.36. The highest BCUT2D eigenvalue weighted by Gasteiger charge is 2.54. The molecule has 0 spiro atoms. The van der Waals surface area contributed by atoms with E-state index in [-0.39, 0.29) is 32.0 Å². The number of azide groups is 1. The van der Waals surface area contributed by atoms with Gasteiger partial charge in [-0.2, -0.15) is 0 Å². The molecule has 1 aliphatic heterocycles. The maximum atomic E-state index is 14.7. The number of carbonyl (C=O) groups excluding carboxylic acids is 1. The van der Waals surface area contributed by atoms with Crippen molar-refractivity contribution >= 4 is 27.7 Å². The average Bonchev–Trinajstić information content (AvgIpc) is 3.51. The molecule has 1 heterocycles. The first kappa shape index (κ1) is 35.2. The number of benzene rings is 4. The van der Waals surface area contributed by atoms with Gasteiger partial charge in [-0.25, -0.2) is 10.4 Å². The maximum Gasteiger partial charge on any atom is 0.266 e. The average molecular weight is 730 g/mol. The minimum atomic E-state index is -1.51. The van der Waals surface area contributed by atoms with E-state index in [4.69, 9.17) is 34.6 Å². The second-order valence-corrected chi connectivity index (χ2v) is 12.0. The molecule has 0 unspecified atom stereocenters. The number of halogens is 1. The van der Waals surface area contributed by atoms with Gasteiger partial charge in [0.05, 0.1) is 27.4 Å². The number of nitrogens with one attached hydrogen (secondary N) is 2. The van der Waals surface area contributed by atoms with Crippen molar-refractivity contribution in [2.45, 2.75) is 37.6 Å². The number of nitrogens with zero attached hydrogens (tertiary/aromatic N) is 4. The Hall–Kier alpha value is -5.07. The maximum absolute atomic E-state index is 14.7. The van der Waals surface area contributed by atoms with Crippen LogP contribution in [0.25, 0.3) is 10.4 Å². The number of rotatable bonds is 16. The van der Waals surface area contributed by atoms with E-state index in [9.17, 15) is 4.79 Å². The van der Waals surface area contributed by atoms with Crippen molar-refractivity contribution in [3.8, 4) is 17.2 Å². The summed E-state index contributed by atoms with van der Waals surface area (Å²) in [7, 11) is 3.15. The summed E-state index contributed by atoms with van der Waals surface area (Å²) in [5.74, 6) is 1.73. The van der Waals surface area contributed by atoms with Crippen LogP contribution >= 0.6 is 15.9 Å². The van der Waals surface area contributed by atoms with Crippen molar-refractivity contribution in [3.05, 3.63) is 134 Å². The van der Waals surface area contributed by atoms with Gasteiger partial charge >= 0.3 is 0 Å². The van der Waals surface area contributed by atoms with Gasteiger partial charge in [0.25, 0.3) is 5.91 Å². The largest absolute Gasteiger partial charge is 0.497 e. The van der Waals surface area contributed by atoms with Gasteiger partial charge < -0.3 is 24.1 Å². The van der Waals surface area contributed by atoms with Gasteiger partial charge in [0.15, 0.2) is 11.6 Å². The van der Waals surface area contributed by atoms with Crippen LogP contribution in [0.15, 0.2) is 106 Å². The molecule has 0 aromatic heterocycles.